The van der Waals surface area contributed by atoms with E-state index in [-0.39, 0.29) is 22.6 Å². The first-order valence-electron chi connectivity index (χ1n) is 6.75. The summed E-state index contributed by atoms with van der Waals surface area (Å²) in [5.41, 5.74) is -0.366. The number of benzene rings is 2. The predicted octanol–water partition coefficient (Wildman–Crippen LogP) is 5.19. The van der Waals surface area contributed by atoms with Gasteiger partial charge in [0.25, 0.3) is 0 Å². The van der Waals surface area contributed by atoms with Crippen molar-refractivity contribution in [2.75, 3.05) is 0 Å². The van der Waals surface area contributed by atoms with Gasteiger partial charge in [-0.1, -0.05) is 44.2 Å². The van der Waals surface area contributed by atoms with E-state index >= 15 is 0 Å². The summed E-state index contributed by atoms with van der Waals surface area (Å²) in [4.78, 5) is 11.3. The second-order valence-corrected chi connectivity index (χ2v) is 5.31. The highest BCUT2D eigenvalue weighted by Gasteiger charge is 2.35. The van der Waals surface area contributed by atoms with Crippen LogP contribution in [0.25, 0.3) is 11.1 Å². The van der Waals surface area contributed by atoms with Crippen molar-refractivity contribution in [3.8, 4) is 11.1 Å². The van der Waals surface area contributed by atoms with Crippen molar-refractivity contribution in [1.29, 1.82) is 0 Å². The van der Waals surface area contributed by atoms with Crippen LogP contribution in [0.15, 0.2) is 42.5 Å². The first-order chi connectivity index (χ1) is 10.2. The van der Waals surface area contributed by atoms with Gasteiger partial charge in [0, 0.05) is 5.56 Å². The fourth-order valence-electron chi connectivity index (χ4n) is 2.31. The molecule has 5 heteroatoms. The number of carbonyl (C=O) groups is 1. The van der Waals surface area contributed by atoms with E-state index in [1.165, 1.54) is 18.2 Å². The fraction of sp³-hybridized carbons (Fsp3) is 0.235. The number of hydrogen-bond donors (Lipinski definition) is 1. The van der Waals surface area contributed by atoms with E-state index in [0.29, 0.717) is 0 Å². The van der Waals surface area contributed by atoms with Crippen LogP contribution in [0.2, 0.25) is 0 Å². The van der Waals surface area contributed by atoms with E-state index in [9.17, 15) is 23.1 Å². The van der Waals surface area contributed by atoms with Gasteiger partial charge in [0.1, 0.15) is 0 Å². The van der Waals surface area contributed by atoms with Gasteiger partial charge in [-0.25, -0.2) is 4.79 Å². The summed E-state index contributed by atoms with van der Waals surface area (Å²) in [6.45, 7) is 3.95. The van der Waals surface area contributed by atoms with Gasteiger partial charge in [-0.3, -0.25) is 0 Å². The Bertz CT molecular complexity index is 686. The van der Waals surface area contributed by atoms with Crippen molar-refractivity contribution in [1.82, 2.24) is 0 Å². The van der Waals surface area contributed by atoms with E-state index in [0.717, 1.165) is 17.7 Å². The molecule has 0 radical (unpaired) electrons. The van der Waals surface area contributed by atoms with Gasteiger partial charge < -0.3 is 5.11 Å². The highest BCUT2D eigenvalue weighted by atomic mass is 19.4. The lowest BCUT2D eigenvalue weighted by molar-refractivity contribution is -0.137. The molecule has 2 aromatic carbocycles. The van der Waals surface area contributed by atoms with E-state index in [4.69, 9.17) is 0 Å². The van der Waals surface area contributed by atoms with Gasteiger partial charge in [0.05, 0.1) is 11.1 Å². The molecule has 0 bridgehead atoms. The van der Waals surface area contributed by atoms with Crippen LogP contribution >= 0.6 is 0 Å². The van der Waals surface area contributed by atoms with Crippen molar-refractivity contribution < 1.29 is 23.1 Å². The molecule has 0 amide bonds. The van der Waals surface area contributed by atoms with E-state index in [1.807, 2.05) is 13.8 Å². The maximum atomic E-state index is 13.2. The summed E-state index contributed by atoms with van der Waals surface area (Å²) in [7, 11) is 0. The molecule has 0 aliphatic carbocycles. The summed E-state index contributed by atoms with van der Waals surface area (Å²) in [5, 5.41) is 9.19. The second-order valence-electron chi connectivity index (χ2n) is 5.31. The molecule has 0 fully saturated rings. The Labute approximate surface area is 126 Å². The number of carboxylic acid groups (broad SMARTS) is 1. The average Bonchev–Trinajstić information content (AvgIpc) is 2.45. The largest absolute Gasteiger partial charge is 0.478 e. The Hall–Kier alpha value is -2.30. The van der Waals surface area contributed by atoms with Crippen molar-refractivity contribution >= 4 is 5.97 Å². The standard InChI is InChI=1S/C17H15F3O2/c1-10(2)11-6-8-12(9-7-11)15-13(16(21)22)4-3-5-14(15)17(18,19)20/h3-10H,1-2H3,(H,21,22). The molecule has 0 saturated heterocycles. The van der Waals surface area contributed by atoms with Gasteiger partial charge in [0.15, 0.2) is 0 Å². The molecule has 0 atom stereocenters. The maximum Gasteiger partial charge on any atom is 0.417 e. The zero-order chi connectivity index (χ0) is 16.5. The highest BCUT2D eigenvalue weighted by Crippen LogP contribution is 2.39. The van der Waals surface area contributed by atoms with Crippen LogP contribution in [0, 0.1) is 0 Å². The minimum absolute atomic E-state index is 0.242. The van der Waals surface area contributed by atoms with Crippen LogP contribution in [0.3, 0.4) is 0 Å². The molecule has 22 heavy (non-hydrogen) atoms. The molecule has 2 nitrogen and oxygen atoms in total. The number of hydrogen-bond acceptors (Lipinski definition) is 1. The fourth-order valence-corrected chi connectivity index (χ4v) is 2.31. The maximum absolute atomic E-state index is 13.2. The summed E-state index contributed by atoms with van der Waals surface area (Å²) in [6, 6.07) is 9.70. The highest BCUT2D eigenvalue weighted by molar-refractivity contribution is 5.97. The number of halogens is 3. The lowest BCUT2D eigenvalue weighted by atomic mass is 9.92. The van der Waals surface area contributed by atoms with Crippen LogP contribution in [0.1, 0.15) is 41.3 Å². The minimum Gasteiger partial charge on any atom is -0.478 e. The van der Waals surface area contributed by atoms with Crippen molar-refractivity contribution in [3.05, 3.63) is 59.2 Å². The van der Waals surface area contributed by atoms with Gasteiger partial charge in [0.2, 0.25) is 0 Å². The number of carboxylic acids is 1. The lowest BCUT2D eigenvalue weighted by Gasteiger charge is -2.16. The topological polar surface area (TPSA) is 37.3 Å². The number of aromatic carboxylic acids is 1. The van der Waals surface area contributed by atoms with Crippen molar-refractivity contribution in [2.45, 2.75) is 25.9 Å². The van der Waals surface area contributed by atoms with Gasteiger partial charge in [-0.2, -0.15) is 13.2 Å². The smallest absolute Gasteiger partial charge is 0.417 e. The molecular weight excluding hydrogens is 293 g/mol. The van der Waals surface area contributed by atoms with Crippen LogP contribution in [-0.4, -0.2) is 11.1 Å². The van der Waals surface area contributed by atoms with E-state index in [1.54, 1.807) is 12.1 Å². The molecule has 0 spiro atoms. The molecule has 0 saturated carbocycles. The van der Waals surface area contributed by atoms with E-state index in [2.05, 4.69) is 0 Å². The Kier molecular flexibility index (Phi) is 4.26. The first kappa shape index (κ1) is 16.1. The summed E-state index contributed by atoms with van der Waals surface area (Å²) in [6.07, 6.45) is -4.61. The third kappa shape index (κ3) is 3.13. The molecule has 2 rings (SSSR count). The quantitative estimate of drug-likeness (QED) is 0.846. The molecule has 2 aromatic rings. The number of alkyl halides is 3. The van der Waals surface area contributed by atoms with Gasteiger partial charge in [-0.05, 0) is 29.2 Å². The Morgan fingerprint density at radius 3 is 2.09 bits per heavy atom. The summed E-state index contributed by atoms with van der Waals surface area (Å²) < 4.78 is 39.6. The Morgan fingerprint density at radius 2 is 1.64 bits per heavy atom. The minimum atomic E-state index is -4.61. The zero-order valence-corrected chi connectivity index (χ0v) is 12.1. The first-order valence-corrected chi connectivity index (χ1v) is 6.75. The number of rotatable bonds is 3. The molecule has 116 valence electrons. The molecule has 0 aliphatic rings. The Balaban J connectivity index is 2.68. The third-order valence-corrected chi connectivity index (χ3v) is 3.47. The Morgan fingerprint density at radius 1 is 1.05 bits per heavy atom. The zero-order valence-electron chi connectivity index (χ0n) is 12.1. The predicted molar refractivity (Wildman–Crippen MR) is 77.9 cm³/mol. The molecule has 0 heterocycles. The molecule has 0 aromatic heterocycles. The van der Waals surface area contributed by atoms with Crippen LogP contribution < -0.4 is 0 Å². The lowest BCUT2D eigenvalue weighted by Crippen LogP contribution is -2.11. The monoisotopic (exact) mass is 308 g/mol. The average molecular weight is 308 g/mol. The van der Waals surface area contributed by atoms with Crippen LogP contribution in [-0.2, 0) is 6.18 Å². The summed E-state index contributed by atoms with van der Waals surface area (Å²) >= 11 is 0. The SMILES string of the molecule is CC(C)c1ccc(-c2c(C(=O)O)cccc2C(F)(F)F)cc1. The molecule has 0 aliphatic heterocycles. The summed E-state index contributed by atoms with van der Waals surface area (Å²) in [5.74, 6) is -1.14. The molecule has 0 unspecified atom stereocenters. The van der Waals surface area contributed by atoms with Crippen LogP contribution in [0.5, 0.6) is 0 Å². The van der Waals surface area contributed by atoms with Gasteiger partial charge in [-0.15, -0.1) is 0 Å². The van der Waals surface area contributed by atoms with Crippen LogP contribution in [0.4, 0.5) is 13.2 Å². The third-order valence-electron chi connectivity index (χ3n) is 3.47. The second kappa shape index (κ2) is 5.83. The van der Waals surface area contributed by atoms with Crippen molar-refractivity contribution in [3.63, 3.8) is 0 Å². The van der Waals surface area contributed by atoms with Crippen molar-refractivity contribution in [2.24, 2.45) is 0 Å². The molecular formula is C17H15F3O2. The molecule has 1 N–H and O–H groups in total. The van der Waals surface area contributed by atoms with Gasteiger partial charge >= 0.3 is 12.1 Å². The van der Waals surface area contributed by atoms with E-state index < -0.39 is 17.7 Å². The normalized spacial score (nSPS) is 11.7.